The highest BCUT2D eigenvalue weighted by molar-refractivity contribution is 7.88. The number of benzene rings is 6. The highest BCUT2D eigenvalue weighted by atomic mass is 32.2. The van der Waals surface area contributed by atoms with Gasteiger partial charge in [-0.15, -0.1) is 20.5 Å². The zero-order chi connectivity index (χ0) is 73.7. The first-order valence-corrected chi connectivity index (χ1v) is 40.2. The van der Waals surface area contributed by atoms with Crippen LogP contribution in [-0.4, -0.2) is 160 Å². The quantitative estimate of drug-likeness (QED) is 0.00756. The van der Waals surface area contributed by atoms with Crippen LogP contribution in [0.4, 0.5) is 56.9 Å². The average molecular weight is 1540 g/mol. The number of rotatable bonds is 36. The van der Waals surface area contributed by atoms with Gasteiger partial charge in [0.25, 0.3) is 80.9 Å². The minimum atomic E-state index is -5.16. The van der Waals surface area contributed by atoms with Gasteiger partial charge < -0.3 is 29.6 Å². The van der Waals surface area contributed by atoms with Crippen molar-refractivity contribution < 1.29 is 123 Å². The molecule has 0 saturated heterocycles. The molecule has 0 amide bonds. The number of hydrogen-bond acceptors (Lipinski definition) is 30. The molecule has 0 radical (unpaired) electrons. The van der Waals surface area contributed by atoms with Crippen molar-refractivity contribution in [2.45, 2.75) is 73.0 Å². The van der Waals surface area contributed by atoms with E-state index in [1.807, 2.05) is 0 Å². The Labute approximate surface area is 567 Å². The molecule has 6 aromatic carbocycles. The summed E-state index contributed by atoms with van der Waals surface area (Å²) >= 11 is 0. The lowest BCUT2D eigenvalue weighted by atomic mass is 10.1. The van der Waals surface area contributed by atoms with E-state index in [-0.39, 0.29) is 138 Å². The maximum absolute atomic E-state index is 12.2. The van der Waals surface area contributed by atoms with Gasteiger partial charge in [-0.1, -0.05) is 0 Å². The summed E-state index contributed by atoms with van der Waals surface area (Å²) in [5.74, 6) is -3.00. The Hall–Kier alpha value is -8.20. The van der Waals surface area contributed by atoms with Gasteiger partial charge in [0.15, 0.2) is 0 Å². The van der Waals surface area contributed by atoms with Crippen LogP contribution in [0.5, 0.6) is 23.0 Å². The Balaban J connectivity index is 1.34. The number of aryl methyl sites for hydroxylation is 4. The van der Waals surface area contributed by atoms with E-state index in [2.05, 4.69) is 51.5 Å². The molecule has 99 heavy (non-hydrogen) atoms. The van der Waals surface area contributed by atoms with Gasteiger partial charge in [-0.05, 0) is 136 Å². The number of hydrogen-bond donors (Lipinski definition) is 10. The Morgan fingerprint density at radius 1 is 0.303 bits per heavy atom. The summed E-state index contributed by atoms with van der Waals surface area (Å²) in [4.78, 5) is -3.85. The standard InChI is InChI=1S/C53H62N10O28S8/c1-32-21-44(48(88-13-5-17-92(64,65)66)27-40(32)60-62-46-23-34(3)42(29-50(46)90-15-7-19-94(70,71)72)58-56-38-11-9-36(96(76,77)78)25-52(38)98(82,83)84)54-31-55-45-22-33(2)41(28-49(45)89-14-6-18-93(67,68)69)61-63-47-24-35(4)43(30-51(47)91-16-8-20-95(73,74)75)59-57-39-12-10-37(97(79,80)81)26-53(39)99(85,86)87/h9-12,21-30,54-55H,5-8,13-20,31H2,1-4H3,(H,64,65,66)(H,67,68,69)(H,70,71,72)(H,73,74,75)(H,76,77,78)(H,79,80,81)(H,82,83,84)(H,85,86,87). The van der Waals surface area contributed by atoms with Gasteiger partial charge in [-0.2, -0.15) is 87.8 Å². The van der Waals surface area contributed by atoms with E-state index >= 15 is 0 Å². The molecule has 38 nitrogen and oxygen atoms in total. The number of ether oxygens (including phenoxy) is 4. The largest absolute Gasteiger partial charge is 0.491 e. The second kappa shape index (κ2) is 32.9. The molecule has 10 N–H and O–H groups in total. The first kappa shape index (κ1) is 79.8. The van der Waals surface area contributed by atoms with E-state index in [0.29, 0.717) is 23.3 Å². The van der Waals surface area contributed by atoms with Crippen molar-refractivity contribution in [2.75, 3.05) is 66.7 Å². The molecule has 0 aromatic heterocycles. The smallest absolute Gasteiger partial charge is 0.296 e. The van der Waals surface area contributed by atoms with Crippen LogP contribution in [0.2, 0.25) is 0 Å². The van der Waals surface area contributed by atoms with Gasteiger partial charge in [0.2, 0.25) is 0 Å². The predicted molar refractivity (Wildman–Crippen MR) is 352 cm³/mol. The maximum Gasteiger partial charge on any atom is 0.296 e. The summed E-state index contributed by atoms with van der Waals surface area (Å²) in [6, 6.07) is 15.3. The van der Waals surface area contributed by atoms with E-state index in [9.17, 15) is 104 Å². The second-order valence-corrected chi connectivity index (χ2v) is 32.8. The average Bonchev–Trinajstić information content (AvgIpc) is 0.800. The normalized spacial score (nSPS) is 13.1. The highest BCUT2D eigenvalue weighted by Crippen LogP contribution is 2.42. The van der Waals surface area contributed by atoms with Crippen LogP contribution in [0.3, 0.4) is 0 Å². The van der Waals surface area contributed by atoms with Crippen LogP contribution in [0.1, 0.15) is 47.9 Å². The summed E-state index contributed by atoms with van der Waals surface area (Å²) in [7, 11) is -37.9. The van der Waals surface area contributed by atoms with Gasteiger partial charge in [0.1, 0.15) is 55.5 Å². The fourth-order valence-corrected chi connectivity index (χ4v) is 12.7. The van der Waals surface area contributed by atoms with Crippen molar-refractivity contribution in [3.63, 3.8) is 0 Å². The predicted octanol–water partition coefficient (Wildman–Crippen LogP) is 9.68. The molecule has 0 aliphatic rings. The minimum Gasteiger partial charge on any atom is -0.491 e. The van der Waals surface area contributed by atoms with Crippen molar-refractivity contribution in [3.8, 4) is 23.0 Å². The molecule has 0 bridgehead atoms. The molecule has 0 aliphatic carbocycles. The Morgan fingerprint density at radius 3 is 0.828 bits per heavy atom. The second-order valence-electron chi connectivity index (χ2n) is 20.9. The van der Waals surface area contributed by atoms with Crippen molar-refractivity contribution in [1.82, 2.24) is 0 Å². The van der Waals surface area contributed by atoms with Crippen LogP contribution in [0.15, 0.2) is 145 Å². The molecule has 0 fully saturated rings. The molecule has 0 saturated carbocycles. The van der Waals surface area contributed by atoms with Crippen molar-refractivity contribution in [3.05, 3.63) is 107 Å². The van der Waals surface area contributed by atoms with Gasteiger partial charge in [0.05, 0.1) is 100 Å². The lowest BCUT2D eigenvalue weighted by Gasteiger charge is -2.18. The molecule has 0 spiro atoms. The number of nitrogens with zero attached hydrogens (tertiary/aromatic N) is 8. The van der Waals surface area contributed by atoms with Crippen molar-refractivity contribution in [1.29, 1.82) is 0 Å². The maximum atomic E-state index is 12.2. The number of nitrogens with one attached hydrogen (secondary N) is 2. The SMILES string of the molecule is Cc1cc(NCNc2cc(C)c(N=Nc3cc(C)c(N=Nc4ccc(S(=O)(=O)O)cc4S(=O)(=O)O)cc3OCCCS(=O)(=O)O)cc2OCCCS(=O)(=O)O)c(OCCCS(=O)(=O)O)cc1N=Nc1cc(C)c(N=Nc2ccc(S(=O)(=O)O)cc2S(=O)(=O)O)cc1OCCCS(=O)(=O)O. The number of azo groups is 4. The van der Waals surface area contributed by atoms with Gasteiger partial charge >= 0.3 is 0 Å². The molecular weight excluding hydrogens is 1480 g/mol. The third-order valence-corrected chi connectivity index (χ3v) is 19.7. The lowest BCUT2D eigenvalue weighted by Crippen LogP contribution is -2.15. The summed E-state index contributed by atoms with van der Waals surface area (Å²) in [6.45, 7) is 4.76. The zero-order valence-electron chi connectivity index (χ0n) is 51.9. The third kappa shape index (κ3) is 25.8. The fraction of sp³-hybridized carbons (Fsp3) is 0.321. The van der Waals surface area contributed by atoms with E-state index in [1.54, 1.807) is 26.0 Å². The zero-order valence-corrected chi connectivity index (χ0v) is 58.4. The minimum absolute atomic E-state index is 0.0271. The first-order valence-electron chi connectivity index (χ1n) is 28.0. The third-order valence-electron chi connectivity index (χ3n) is 13.0. The van der Waals surface area contributed by atoms with Crippen LogP contribution in [0.25, 0.3) is 0 Å². The summed E-state index contributed by atoms with van der Waals surface area (Å²) in [6.07, 6.45) is -0.900. The van der Waals surface area contributed by atoms with Gasteiger partial charge in [-0.3, -0.25) is 36.4 Å². The van der Waals surface area contributed by atoms with Crippen molar-refractivity contribution >= 4 is 138 Å². The molecule has 0 atom stereocenters. The van der Waals surface area contributed by atoms with Gasteiger partial charge in [0, 0.05) is 24.3 Å². The summed E-state index contributed by atoms with van der Waals surface area (Å²) in [5, 5.41) is 39.4. The molecule has 0 aliphatic heterocycles. The summed E-state index contributed by atoms with van der Waals surface area (Å²) in [5.41, 5.74) is 0.833. The van der Waals surface area contributed by atoms with E-state index in [1.165, 1.54) is 50.2 Å². The first-order chi connectivity index (χ1) is 45.7. The Bertz CT molecular complexity index is 4820. The van der Waals surface area contributed by atoms with Crippen LogP contribution >= 0.6 is 0 Å². The molecule has 0 unspecified atom stereocenters. The van der Waals surface area contributed by atoms with Crippen LogP contribution in [-0.2, 0) is 80.9 Å². The lowest BCUT2D eigenvalue weighted by molar-refractivity contribution is 0.317. The molecule has 46 heteroatoms. The Kier molecular flexibility index (Phi) is 26.5. The topological polar surface area (TPSA) is 595 Å². The van der Waals surface area contributed by atoms with Crippen LogP contribution in [0, 0.1) is 27.7 Å². The summed E-state index contributed by atoms with van der Waals surface area (Å²) < 4.78 is 288. The molecule has 6 aromatic rings. The molecule has 6 rings (SSSR count). The van der Waals surface area contributed by atoms with E-state index in [4.69, 9.17) is 18.9 Å². The molecule has 540 valence electrons. The molecule has 0 heterocycles. The van der Waals surface area contributed by atoms with E-state index < -0.39 is 135 Å². The van der Waals surface area contributed by atoms with Gasteiger partial charge in [-0.25, -0.2) is 0 Å². The molecular formula is C53H62N10O28S8. The fourth-order valence-electron chi connectivity index (χ4n) is 8.26. The highest BCUT2D eigenvalue weighted by Gasteiger charge is 2.24. The van der Waals surface area contributed by atoms with Crippen LogP contribution < -0.4 is 29.6 Å². The van der Waals surface area contributed by atoms with E-state index in [0.717, 1.165) is 24.3 Å². The Morgan fingerprint density at radius 2 is 0.556 bits per heavy atom. The monoisotopic (exact) mass is 1540 g/mol. The van der Waals surface area contributed by atoms with Crippen molar-refractivity contribution in [2.24, 2.45) is 40.9 Å². The number of anilines is 2.